The molecule has 7 heteroatoms. The van der Waals surface area contributed by atoms with Crippen molar-refractivity contribution in [3.63, 3.8) is 0 Å². The lowest BCUT2D eigenvalue weighted by Gasteiger charge is -2.09. The standard InChI is InChI=1S/C15H13FN2O4/c1-2-9-3-6-14(19)12(7-9)17-15(20)11-8-10(16)4-5-13(11)18(21)22/h3-8,19H,2H2,1H3,(H,17,20). The fourth-order valence-electron chi connectivity index (χ4n) is 1.94. The first-order valence-corrected chi connectivity index (χ1v) is 6.49. The first-order chi connectivity index (χ1) is 10.4. The zero-order valence-corrected chi connectivity index (χ0v) is 11.7. The van der Waals surface area contributed by atoms with E-state index in [1.165, 1.54) is 6.07 Å². The number of nitrogens with one attached hydrogen (secondary N) is 1. The second-order valence-electron chi connectivity index (χ2n) is 4.58. The molecule has 1 amide bonds. The number of nitro groups is 1. The molecule has 0 heterocycles. The van der Waals surface area contributed by atoms with Gasteiger partial charge in [0.1, 0.15) is 17.1 Å². The summed E-state index contributed by atoms with van der Waals surface area (Å²) in [5, 5.41) is 23.0. The Balaban J connectivity index is 2.37. The van der Waals surface area contributed by atoms with Gasteiger partial charge in [-0.2, -0.15) is 0 Å². The van der Waals surface area contributed by atoms with Crippen LogP contribution in [0, 0.1) is 15.9 Å². The van der Waals surface area contributed by atoms with Crippen LogP contribution in [0.25, 0.3) is 0 Å². The monoisotopic (exact) mass is 304 g/mol. The van der Waals surface area contributed by atoms with Crippen molar-refractivity contribution in [3.8, 4) is 5.75 Å². The van der Waals surface area contributed by atoms with Crippen LogP contribution in [-0.4, -0.2) is 15.9 Å². The third-order valence-corrected chi connectivity index (χ3v) is 3.12. The van der Waals surface area contributed by atoms with Gasteiger partial charge < -0.3 is 10.4 Å². The highest BCUT2D eigenvalue weighted by Crippen LogP contribution is 2.27. The van der Waals surface area contributed by atoms with Crippen molar-refractivity contribution in [1.82, 2.24) is 0 Å². The number of aryl methyl sites for hydroxylation is 1. The van der Waals surface area contributed by atoms with Crippen molar-refractivity contribution in [2.45, 2.75) is 13.3 Å². The minimum absolute atomic E-state index is 0.114. The van der Waals surface area contributed by atoms with Crippen molar-refractivity contribution in [1.29, 1.82) is 0 Å². The Bertz CT molecular complexity index is 746. The molecular weight excluding hydrogens is 291 g/mol. The van der Waals surface area contributed by atoms with Crippen LogP contribution in [0.5, 0.6) is 5.75 Å². The maximum absolute atomic E-state index is 13.3. The Labute approximate surface area is 125 Å². The molecule has 2 N–H and O–H groups in total. The van der Waals surface area contributed by atoms with Crippen molar-refractivity contribution in [3.05, 3.63) is 63.5 Å². The Hall–Kier alpha value is -2.96. The van der Waals surface area contributed by atoms with Gasteiger partial charge in [0.15, 0.2) is 0 Å². The number of halogens is 1. The predicted molar refractivity (Wildman–Crippen MR) is 78.5 cm³/mol. The average molecular weight is 304 g/mol. The number of benzene rings is 2. The zero-order valence-electron chi connectivity index (χ0n) is 11.7. The summed E-state index contributed by atoms with van der Waals surface area (Å²) in [6.45, 7) is 1.90. The number of anilines is 1. The number of hydrogen-bond acceptors (Lipinski definition) is 4. The maximum Gasteiger partial charge on any atom is 0.282 e. The topological polar surface area (TPSA) is 92.5 Å². The molecule has 2 rings (SSSR count). The summed E-state index contributed by atoms with van der Waals surface area (Å²) in [6, 6.07) is 7.27. The Morgan fingerprint density at radius 3 is 2.68 bits per heavy atom. The van der Waals surface area contributed by atoms with E-state index < -0.39 is 27.9 Å². The van der Waals surface area contributed by atoms with Gasteiger partial charge in [0.2, 0.25) is 0 Å². The average Bonchev–Trinajstić information content (AvgIpc) is 2.49. The van der Waals surface area contributed by atoms with Crippen LogP contribution in [0.1, 0.15) is 22.8 Å². The SMILES string of the molecule is CCc1ccc(O)c(NC(=O)c2cc(F)ccc2[N+](=O)[O-])c1. The molecule has 0 spiro atoms. The van der Waals surface area contributed by atoms with E-state index in [-0.39, 0.29) is 11.4 Å². The van der Waals surface area contributed by atoms with Crippen LogP contribution in [0.3, 0.4) is 0 Å². The quantitative estimate of drug-likeness (QED) is 0.515. The maximum atomic E-state index is 13.3. The molecule has 0 aromatic heterocycles. The van der Waals surface area contributed by atoms with Gasteiger partial charge in [-0.15, -0.1) is 0 Å². The highest BCUT2D eigenvalue weighted by Gasteiger charge is 2.21. The van der Waals surface area contributed by atoms with E-state index in [4.69, 9.17) is 0 Å². The number of phenolic OH excluding ortho intramolecular Hbond substituents is 1. The number of aromatic hydroxyl groups is 1. The lowest BCUT2D eigenvalue weighted by Crippen LogP contribution is -2.14. The summed E-state index contributed by atoms with van der Waals surface area (Å²) >= 11 is 0. The fraction of sp³-hybridized carbons (Fsp3) is 0.133. The van der Waals surface area contributed by atoms with Crippen LogP contribution in [-0.2, 0) is 6.42 Å². The van der Waals surface area contributed by atoms with E-state index in [0.717, 1.165) is 23.8 Å². The number of nitrogens with zero attached hydrogens (tertiary/aromatic N) is 1. The third kappa shape index (κ3) is 3.20. The number of amides is 1. The van der Waals surface area contributed by atoms with Gasteiger partial charge in [0.05, 0.1) is 10.6 Å². The van der Waals surface area contributed by atoms with E-state index in [1.54, 1.807) is 12.1 Å². The molecule has 114 valence electrons. The molecule has 0 atom stereocenters. The van der Waals surface area contributed by atoms with E-state index in [9.17, 15) is 24.4 Å². The van der Waals surface area contributed by atoms with Gasteiger partial charge >= 0.3 is 0 Å². The Morgan fingerprint density at radius 2 is 2.05 bits per heavy atom. The molecule has 0 aliphatic carbocycles. The molecule has 0 radical (unpaired) electrons. The second-order valence-corrected chi connectivity index (χ2v) is 4.58. The van der Waals surface area contributed by atoms with Gasteiger partial charge in [0, 0.05) is 6.07 Å². The minimum Gasteiger partial charge on any atom is -0.506 e. The number of carbonyl (C=O) groups is 1. The normalized spacial score (nSPS) is 10.3. The van der Waals surface area contributed by atoms with Crippen LogP contribution < -0.4 is 5.32 Å². The summed E-state index contributed by atoms with van der Waals surface area (Å²) in [7, 11) is 0. The summed E-state index contributed by atoms with van der Waals surface area (Å²) < 4.78 is 13.3. The molecule has 22 heavy (non-hydrogen) atoms. The van der Waals surface area contributed by atoms with Crippen molar-refractivity contribution < 1.29 is 19.2 Å². The van der Waals surface area contributed by atoms with E-state index in [2.05, 4.69) is 5.32 Å². The summed E-state index contributed by atoms with van der Waals surface area (Å²) in [5.41, 5.74) is 0.0566. The smallest absolute Gasteiger partial charge is 0.282 e. The third-order valence-electron chi connectivity index (χ3n) is 3.12. The lowest BCUT2D eigenvalue weighted by molar-refractivity contribution is -0.385. The fourth-order valence-corrected chi connectivity index (χ4v) is 1.94. The van der Waals surface area contributed by atoms with E-state index in [1.807, 2.05) is 6.92 Å². The Morgan fingerprint density at radius 1 is 1.32 bits per heavy atom. The van der Waals surface area contributed by atoms with E-state index >= 15 is 0 Å². The summed E-state index contributed by atoms with van der Waals surface area (Å²) in [5.74, 6) is -1.80. The molecule has 0 aliphatic heterocycles. The molecule has 0 fully saturated rings. The molecule has 0 saturated carbocycles. The number of rotatable bonds is 4. The van der Waals surface area contributed by atoms with E-state index in [0.29, 0.717) is 6.42 Å². The molecule has 2 aromatic carbocycles. The summed E-state index contributed by atoms with van der Waals surface area (Å²) in [6.07, 6.45) is 0.684. The minimum atomic E-state index is -0.866. The Kier molecular flexibility index (Phi) is 4.36. The first kappa shape index (κ1) is 15.4. The predicted octanol–water partition coefficient (Wildman–Crippen LogP) is 3.25. The molecule has 0 aliphatic rings. The largest absolute Gasteiger partial charge is 0.506 e. The number of nitro benzene ring substituents is 1. The zero-order chi connectivity index (χ0) is 16.3. The van der Waals surface area contributed by atoms with Gasteiger partial charge in [-0.3, -0.25) is 14.9 Å². The van der Waals surface area contributed by atoms with Gasteiger partial charge in [-0.1, -0.05) is 13.0 Å². The highest BCUT2D eigenvalue weighted by molar-refractivity contribution is 6.07. The van der Waals surface area contributed by atoms with Crippen LogP contribution in [0.4, 0.5) is 15.8 Å². The van der Waals surface area contributed by atoms with Gasteiger partial charge in [-0.25, -0.2) is 4.39 Å². The molecular formula is C15H13FN2O4. The molecule has 2 aromatic rings. The molecule has 6 nitrogen and oxygen atoms in total. The van der Waals surface area contributed by atoms with Crippen molar-refractivity contribution in [2.75, 3.05) is 5.32 Å². The summed E-state index contributed by atoms with van der Waals surface area (Å²) in [4.78, 5) is 22.3. The molecule has 0 unspecified atom stereocenters. The second kappa shape index (κ2) is 6.21. The number of phenols is 1. The lowest BCUT2D eigenvalue weighted by atomic mass is 10.1. The van der Waals surface area contributed by atoms with Crippen molar-refractivity contribution >= 4 is 17.3 Å². The van der Waals surface area contributed by atoms with Crippen LogP contribution in [0.15, 0.2) is 36.4 Å². The number of carbonyl (C=O) groups excluding carboxylic acids is 1. The molecule has 0 saturated heterocycles. The van der Waals surface area contributed by atoms with Crippen LogP contribution in [0.2, 0.25) is 0 Å². The highest BCUT2D eigenvalue weighted by atomic mass is 19.1. The van der Waals surface area contributed by atoms with Crippen LogP contribution >= 0.6 is 0 Å². The first-order valence-electron chi connectivity index (χ1n) is 6.49. The van der Waals surface area contributed by atoms with Gasteiger partial charge in [0.25, 0.3) is 11.6 Å². The van der Waals surface area contributed by atoms with Crippen molar-refractivity contribution in [2.24, 2.45) is 0 Å². The number of hydrogen-bond donors (Lipinski definition) is 2. The molecule has 0 bridgehead atoms. The van der Waals surface area contributed by atoms with Gasteiger partial charge in [-0.05, 0) is 36.2 Å².